The number of hydrogen-bond donors (Lipinski definition) is 0. The summed E-state index contributed by atoms with van der Waals surface area (Å²) in [5, 5.41) is 0. The van der Waals surface area contributed by atoms with E-state index in [1.807, 2.05) is 0 Å². The molecule has 0 spiro atoms. The Morgan fingerprint density at radius 2 is 0.562 bits per heavy atom. The molecule has 0 saturated carbocycles. The Hall–Kier alpha value is -3.15. The van der Waals surface area contributed by atoms with Crippen molar-refractivity contribution < 1.29 is 28.6 Å². The monoisotopic (exact) mass is 893 g/mol. The summed E-state index contributed by atoms with van der Waals surface area (Å²) in [5.41, 5.74) is 0. The van der Waals surface area contributed by atoms with Crippen LogP contribution in [-0.2, 0) is 28.6 Å². The number of allylic oxidation sites excluding steroid dienone is 12. The zero-order valence-electron chi connectivity index (χ0n) is 42.0. The predicted octanol–water partition coefficient (Wildman–Crippen LogP) is 17.8. The predicted molar refractivity (Wildman–Crippen MR) is 274 cm³/mol. The molecule has 0 fully saturated rings. The Morgan fingerprint density at radius 3 is 0.953 bits per heavy atom. The zero-order chi connectivity index (χ0) is 46.5. The van der Waals surface area contributed by atoms with Gasteiger partial charge in [-0.15, -0.1) is 0 Å². The van der Waals surface area contributed by atoms with Gasteiger partial charge in [0.25, 0.3) is 0 Å². The summed E-state index contributed by atoms with van der Waals surface area (Å²) in [4.78, 5) is 38.0. The fourth-order valence-corrected chi connectivity index (χ4v) is 7.30. The fraction of sp³-hybridized carbons (Fsp3) is 0.741. The molecule has 0 N–H and O–H groups in total. The quantitative estimate of drug-likeness (QED) is 0.0262. The van der Waals surface area contributed by atoms with E-state index in [0.717, 1.165) is 103 Å². The maximum Gasteiger partial charge on any atom is 0.306 e. The maximum absolute atomic E-state index is 12.8. The molecule has 64 heavy (non-hydrogen) atoms. The van der Waals surface area contributed by atoms with E-state index in [9.17, 15) is 14.4 Å². The molecular formula is C58H100O6. The molecule has 6 nitrogen and oxygen atoms in total. The first-order valence-electron chi connectivity index (χ1n) is 26.9. The van der Waals surface area contributed by atoms with E-state index in [1.165, 1.54) is 116 Å². The summed E-state index contributed by atoms with van der Waals surface area (Å²) in [7, 11) is 0. The third kappa shape index (κ3) is 49.9. The van der Waals surface area contributed by atoms with Crippen LogP contribution in [0.4, 0.5) is 0 Å². The molecule has 0 radical (unpaired) electrons. The lowest BCUT2D eigenvalue weighted by Crippen LogP contribution is -2.30. The van der Waals surface area contributed by atoms with Crippen molar-refractivity contribution in [1.82, 2.24) is 0 Å². The summed E-state index contributed by atoms with van der Waals surface area (Å²) in [6.07, 6.45) is 65.9. The second-order valence-electron chi connectivity index (χ2n) is 17.8. The number of ether oxygens (including phenoxy) is 3. The Bertz CT molecular complexity index is 1210. The maximum atomic E-state index is 12.8. The highest BCUT2D eigenvalue weighted by atomic mass is 16.6. The molecule has 0 unspecified atom stereocenters. The normalized spacial score (nSPS) is 12.6. The average Bonchev–Trinajstić information content (AvgIpc) is 3.29. The third-order valence-corrected chi connectivity index (χ3v) is 11.4. The molecular weight excluding hydrogens is 793 g/mol. The van der Waals surface area contributed by atoms with Crippen LogP contribution in [0.3, 0.4) is 0 Å². The number of unbranched alkanes of at least 4 members (excludes halogenated alkanes) is 25. The molecule has 0 aliphatic carbocycles. The lowest BCUT2D eigenvalue weighted by atomic mass is 10.1. The lowest BCUT2D eigenvalue weighted by Gasteiger charge is -2.18. The van der Waals surface area contributed by atoms with Crippen molar-refractivity contribution in [3.63, 3.8) is 0 Å². The van der Waals surface area contributed by atoms with E-state index in [2.05, 4.69) is 93.7 Å². The van der Waals surface area contributed by atoms with Gasteiger partial charge in [-0.2, -0.15) is 0 Å². The van der Waals surface area contributed by atoms with Crippen molar-refractivity contribution in [3.05, 3.63) is 72.9 Å². The van der Waals surface area contributed by atoms with Crippen LogP contribution in [0.5, 0.6) is 0 Å². The van der Waals surface area contributed by atoms with Crippen LogP contribution in [0.25, 0.3) is 0 Å². The molecule has 0 bridgehead atoms. The lowest BCUT2D eigenvalue weighted by molar-refractivity contribution is -0.167. The molecule has 0 aromatic rings. The van der Waals surface area contributed by atoms with E-state index in [-0.39, 0.29) is 31.1 Å². The highest BCUT2D eigenvalue weighted by Gasteiger charge is 2.19. The molecule has 0 aliphatic heterocycles. The van der Waals surface area contributed by atoms with Crippen LogP contribution in [0.15, 0.2) is 72.9 Å². The van der Waals surface area contributed by atoms with Crippen molar-refractivity contribution in [2.75, 3.05) is 13.2 Å². The van der Waals surface area contributed by atoms with Crippen LogP contribution < -0.4 is 0 Å². The minimum Gasteiger partial charge on any atom is -0.462 e. The summed E-state index contributed by atoms with van der Waals surface area (Å²) in [6, 6.07) is 0. The number of carbonyl (C=O) groups is 3. The summed E-state index contributed by atoms with van der Waals surface area (Å²) < 4.78 is 16.8. The third-order valence-electron chi connectivity index (χ3n) is 11.4. The van der Waals surface area contributed by atoms with Crippen LogP contribution in [0, 0.1) is 0 Å². The van der Waals surface area contributed by atoms with E-state index in [1.54, 1.807) is 0 Å². The largest absolute Gasteiger partial charge is 0.462 e. The average molecular weight is 893 g/mol. The Kier molecular flexibility index (Phi) is 49.9. The Balaban J connectivity index is 4.45. The highest BCUT2D eigenvalue weighted by molar-refractivity contribution is 5.71. The Morgan fingerprint density at radius 1 is 0.312 bits per heavy atom. The second kappa shape index (κ2) is 52.5. The van der Waals surface area contributed by atoms with Gasteiger partial charge in [0.15, 0.2) is 6.10 Å². The van der Waals surface area contributed by atoms with Gasteiger partial charge >= 0.3 is 17.9 Å². The molecule has 0 saturated heterocycles. The molecule has 6 heteroatoms. The van der Waals surface area contributed by atoms with Crippen LogP contribution >= 0.6 is 0 Å². The van der Waals surface area contributed by atoms with E-state index in [0.29, 0.717) is 19.3 Å². The minimum atomic E-state index is -0.795. The molecule has 0 amide bonds. The first-order chi connectivity index (χ1) is 31.5. The second-order valence-corrected chi connectivity index (χ2v) is 17.8. The van der Waals surface area contributed by atoms with E-state index in [4.69, 9.17) is 14.2 Å². The molecule has 1 atom stereocenters. The first kappa shape index (κ1) is 60.9. The number of hydrogen-bond acceptors (Lipinski definition) is 6. The summed E-state index contributed by atoms with van der Waals surface area (Å²) in [6.45, 7) is 6.55. The molecule has 368 valence electrons. The molecule has 0 aromatic carbocycles. The van der Waals surface area contributed by atoms with E-state index < -0.39 is 6.10 Å². The number of esters is 3. The SMILES string of the molecule is CCCCC/C=C/C/C=C/C/C=C/C/C=C/CCCCCC(=O)OC[C@@H](COC(=O)CCCCCCC/C=C/CCCCCC)OC(=O)CCCCCCC/C=C/CCCCCCC. The molecule has 0 heterocycles. The van der Waals surface area contributed by atoms with Gasteiger partial charge in [-0.3, -0.25) is 14.4 Å². The fourth-order valence-electron chi connectivity index (χ4n) is 7.30. The topological polar surface area (TPSA) is 78.9 Å². The van der Waals surface area contributed by atoms with Gasteiger partial charge in [-0.05, 0) is 116 Å². The van der Waals surface area contributed by atoms with Gasteiger partial charge in [0.2, 0.25) is 0 Å². The van der Waals surface area contributed by atoms with Crippen LogP contribution in [-0.4, -0.2) is 37.2 Å². The van der Waals surface area contributed by atoms with E-state index >= 15 is 0 Å². The Labute approximate surface area is 395 Å². The summed E-state index contributed by atoms with van der Waals surface area (Å²) >= 11 is 0. The summed E-state index contributed by atoms with van der Waals surface area (Å²) in [5.74, 6) is -0.939. The standard InChI is InChI=1S/C58H100O6/c1-4-7-10-13-16-19-22-25-27-28-29-30-31-34-36-39-42-45-48-51-57(60)63-54-55(53-62-56(59)50-47-44-41-38-35-32-24-21-18-15-12-9-6-3)64-58(61)52-49-46-43-40-37-33-26-23-20-17-14-11-8-5-2/h16,19,21,23-27,29-30,34,36,55H,4-15,17-18,20,22,28,31-33,35,37-54H2,1-3H3/b19-16+,24-21+,26-23+,27-25+,30-29+,36-34+/t55-/m1/s1. The van der Waals surface area contributed by atoms with Gasteiger partial charge in [-0.1, -0.05) is 196 Å². The van der Waals surface area contributed by atoms with Crippen molar-refractivity contribution in [3.8, 4) is 0 Å². The molecule has 0 rings (SSSR count). The van der Waals surface area contributed by atoms with Crippen LogP contribution in [0.1, 0.15) is 258 Å². The van der Waals surface area contributed by atoms with Gasteiger partial charge in [-0.25, -0.2) is 0 Å². The number of carbonyl (C=O) groups excluding carboxylic acids is 3. The highest BCUT2D eigenvalue weighted by Crippen LogP contribution is 2.13. The van der Waals surface area contributed by atoms with Crippen molar-refractivity contribution >= 4 is 17.9 Å². The van der Waals surface area contributed by atoms with Crippen molar-refractivity contribution in [1.29, 1.82) is 0 Å². The van der Waals surface area contributed by atoms with Gasteiger partial charge in [0.1, 0.15) is 13.2 Å². The number of rotatable bonds is 48. The van der Waals surface area contributed by atoms with Crippen molar-refractivity contribution in [2.24, 2.45) is 0 Å². The van der Waals surface area contributed by atoms with Crippen molar-refractivity contribution in [2.45, 2.75) is 264 Å². The smallest absolute Gasteiger partial charge is 0.306 e. The van der Waals surface area contributed by atoms with Gasteiger partial charge in [0.05, 0.1) is 0 Å². The van der Waals surface area contributed by atoms with Crippen LogP contribution in [0.2, 0.25) is 0 Å². The zero-order valence-corrected chi connectivity index (χ0v) is 42.0. The molecule has 0 aromatic heterocycles. The minimum absolute atomic E-state index is 0.0933. The first-order valence-corrected chi connectivity index (χ1v) is 26.9. The molecule has 0 aliphatic rings. The van der Waals surface area contributed by atoms with Gasteiger partial charge < -0.3 is 14.2 Å². The van der Waals surface area contributed by atoms with Gasteiger partial charge in [0, 0.05) is 19.3 Å².